The Balaban J connectivity index is 1.89. The maximum atomic E-state index is 5.79. The highest BCUT2D eigenvalue weighted by Gasteiger charge is 2.26. The van der Waals surface area contributed by atoms with Gasteiger partial charge in [-0.25, -0.2) is 4.98 Å². The van der Waals surface area contributed by atoms with Gasteiger partial charge in [-0.15, -0.1) is 0 Å². The van der Waals surface area contributed by atoms with E-state index in [1.165, 1.54) is 24.8 Å². The number of hydrogen-bond donors (Lipinski definition) is 0. The molecule has 1 aliphatic rings. The Morgan fingerprint density at radius 2 is 2.29 bits per heavy atom. The van der Waals surface area contributed by atoms with E-state index < -0.39 is 0 Å². The third-order valence-corrected chi connectivity index (χ3v) is 4.85. The van der Waals surface area contributed by atoms with Crippen LogP contribution in [0.15, 0.2) is 18.3 Å². The van der Waals surface area contributed by atoms with Crippen molar-refractivity contribution in [1.82, 2.24) is 9.88 Å². The Kier molecular flexibility index (Phi) is 4.71. The molecule has 2 atom stereocenters. The van der Waals surface area contributed by atoms with E-state index >= 15 is 0 Å². The number of hydrogen-bond acceptors (Lipinski definition) is 3. The number of halogens is 1. The fraction of sp³-hybridized carbons (Fsp3) is 0.615. The summed E-state index contributed by atoms with van der Waals surface area (Å²) < 4.78 is 0. The zero-order valence-electron chi connectivity index (χ0n) is 10.4. The van der Waals surface area contributed by atoms with Gasteiger partial charge in [0.1, 0.15) is 5.15 Å². The number of aromatic nitrogens is 1. The second kappa shape index (κ2) is 6.07. The first-order valence-electron chi connectivity index (χ1n) is 6.02. The van der Waals surface area contributed by atoms with E-state index in [1.54, 1.807) is 0 Å². The van der Waals surface area contributed by atoms with Gasteiger partial charge in [-0.1, -0.05) is 17.7 Å². The van der Waals surface area contributed by atoms with Gasteiger partial charge < -0.3 is 0 Å². The predicted octanol–water partition coefficient (Wildman–Crippen LogP) is 3.45. The standard InChI is InChI=1S/C13H19ClN2S/c1-16(11-4-5-12(7-11)17-2)9-10-3-6-13(14)15-8-10/h3,6,8,11-12H,4-5,7,9H2,1-2H3/t11-,12+/m1/s1. The molecule has 2 nitrogen and oxygen atoms in total. The summed E-state index contributed by atoms with van der Waals surface area (Å²) in [7, 11) is 2.21. The van der Waals surface area contributed by atoms with E-state index in [0.717, 1.165) is 17.8 Å². The van der Waals surface area contributed by atoms with Crippen molar-refractivity contribution >= 4 is 23.4 Å². The van der Waals surface area contributed by atoms with Crippen molar-refractivity contribution in [3.63, 3.8) is 0 Å². The summed E-state index contributed by atoms with van der Waals surface area (Å²) in [6.45, 7) is 0.968. The Hall–Kier alpha value is -0.250. The largest absolute Gasteiger partial charge is 0.299 e. The van der Waals surface area contributed by atoms with Gasteiger partial charge in [-0.2, -0.15) is 11.8 Å². The molecule has 1 fully saturated rings. The second-order valence-corrected chi connectivity index (χ2v) is 6.25. The minimum atomic E-state index is 0.569. The molecule has 0 unspecified atom stereocenters. The molecule has 0 bridgehead atoms. The highest BCUT2D eigenvalue weighted by atomic mass is 35.5. The van der Waals surface area contributed by atoms with Crippen LogP contribution >= 0.6 is 23.4 Å². The van der Waals surface area contributed by atoms with E-state index in [0.29, 0.717) is 5.15 Å². The van der Waals surface area contributed by atoms with Crippen LogP contribution in [0.3, 0.4) is 0 Å². The summed E-state index contributed by atoms with van der Waals surface area (Å²) in [5.41, 5.74) is 1.24. The van der Waals surface area contributed by atoms with Crippen LogP contribution in [0.4, 0.5) is 0 Å². The Morgan fingerprint density at radius 3 is 2.88 bits per heavy atom. The normalized spacial score (nSPS) is 24.5. The number of rotatable bonds is 4. The van der Waals surface area contributed by atoms with Crippen LogP contribution < -0.4 is 0 Å². The second-order valence-electron chi connectivity index (χ2n) is 4.73. The van der Waals surface area contributed by atoms with Crippen LogP contribution in [-0.2, 0) is 6.54 Å². The molecule has 4 heteroatoms. The first-order valence-corrected chi connectivity index (χ1v) is 7.69. The lowest BCUT2D eigenvalue weighted by Crippen LogP contribution is -2.29. The van der Waals surface area contributed by atoms with Gasteiger partial charge in [-0.3, -0.25) is 4.90 Å². The average Bonchev–Trinajstić information content (AvgIpc) is 2.81. The smallest absolute Gasteiger partial charge is 0.129 e. The van der Waals surface area contributed by atoms with Crippen LogP contribution in [0, 0.1) is 0 Å². The van der Waals surface area contributed by atoms with Crippen molar-refractivity contribution in [1.29, 1.82) is 0 Å². The third-order valence-electron chi connectivity index (χ3n) is 3.53. The third kappa shape index (κ3) is 3.60. The summed E-state index contributed by atoms with van der Waals surface area (Å²) >= 11 is 7.79. The minimum absolute atomic E-state index is 0.569. The minimum Gasteiger partial charge on any atom is -0.299 e. The molecule has 0 radical (unpaired) electrons. The van der Waals surface area contributed by atoms with Crippen molar-refractivity contribution in [3.05, 3.63) is 29.0 Å². The van der Waals surface area contributed by atoms with Gasteiger partial charge in [-0.05, 0) is 44.2 Å². The van der Waals surface area contributed by atoms with Gasteiger partial charge in [0.15, 0.2) is 0 Å². The lowest BCUT2D eigenvalue weighted by Gasteiger charge is -2.24. The zero-order valence-corrected chi connectivity index (χ0v) is 12.0. The Labute approximate surface area is 113 Å². The molecule has 1 aliphatic carbocycles. The van der Waals surface area contributed by atoms with Gasteiger partial charge >= 0.3 is 0 Å². The van der Waals surface area contributed by atoms with Crippen LogP contribution in [0.1, 0.15) is 24.8 Å². The Morgan fingerprint density at radius 1 is 1.47 bits per heavy atom. The van der Waals surface area contributed by atoms with Crippen LogP contribution in [0.5, 0.6) is 0 Å². The van der Waals surface area contributed by atoms with E-state index in [2.05, 4.69) is 29.3 Å². The summed E-state index contributed by atoms with van der Waals surface area (Å²) in [5.74, 6) is 0. The summed E-state index contributed by atoms with van der Waals surface area (Å²) in [6, 6.07) is 4.65. The van der Waals surface area contributed by atoms with Gasteiger partial charge in [0, 0.05) is 24.0 Å². The highest BCUT2D eigenvalue weighted by molar-refractivity contribution is 7.99. The van der Waals surface area contributed by atoms with Gasteiger partial charge in [0.2, 0.25) is 0 Å². The van der Waals surface area contributed by atoms with Crippen molar-refractivity contribution in [2.45, 2.75) is 37.1 Å². The summed E-state index contributed by atoms with van der Waals surface area (Å²) in [4.78, 5) is 6.57. The van der Waals surface area contributed by atoms with E-state index in [9.17, 15) is 0 Å². The number of nitrogens with zero attached hydrogens (tertiary/aromatic N) is 2. The molecule has 17 heavy (non-hydrogen) atoms. The molecule has 1 aromatic rings. The molecule has 0 aliphatic heterocycles. The maximum Gasteiger partial charge on any atom is 0.129 e. The molecular weight excluding hydrogens is 252 g/mol. The zero-order chi connectivity index (χ0) is 12.3. The topological polar surface area (TPSA) is 16.1 Å². The van der Waals surface area contributed by atoms with Crippen LogP contribution in [0.25, 0.3) is 0 Å². The lowest BCUT2D eigenvalue weighted by atomic mass is 10.2. The van der Waals surface area contributed by atoms with E-state index in [-0.39, 0.29) is 0 Å². The van der Waals surface area contributed by atoms with Crippen LogP contribution in [-0.4, -0.2) is 34.5 Å². The molecule has 0 aromatic carbocycles. The number of pyridine rings is 1. The molecular formula is C13H19ClN2S. The maximum absolute atomic E-state index is 5.79. The van der Waals surface area contributed by atoms with Crippen molar-refractivity contribution in [2.24, 2.45) is 0 Å². The molecule has 1 aromatic heterocycles. The summed E-state index contributed by atoms with van der Waals surface area (Å²) in [6.07, 6.45) is 8.09. The average molecular weight is 271 g/mol. The first-order chi connectivity index (χ1) is 8.19. The SMILES string of the molecule is CS[C@H]1CC[C@@H](N(C)Cc2ccc(Cl)nc2)C1. The molecule has 2 rings (SSSR count). The lowest BCUT2D eigenvalue weighted by molar-refractivity contribution is 0.237. The molecule has 1 saturated carbocycles. The highest BCUT2D eigenvalue weighted by Crippen LogP contribution is 2.31. The molecule has 0 N–H and O–H groups in total. The van der Waals surface area contributed by atoms with Crippen molar-refractivity contribution < 1.29 is 0 Å². The summed E-state index contributed by atoms with van der Waals surface area (Å²) in [5, 5.41) is 1.42. The monoisotopic (exact) mass is 270 g/mol. The fourth-order valence-electron chi connectivity index (χ4n) is 2.45. The Bertz CT molecular complexity index is 355. The van der Waals surface area contributed by atoms with E-state index in [1.807, 2.05) is 24.0 Å². The molecule has 94 valence electrons. The molecule has 0 amide bonds. The van der Waals surface area contributed by atoms with Gasteiger partial charge in [0.05, 0.1) is 0 Å². The van der Waals surface area contributed by atoms with Crippen LogP contribution in [0.2, 0.25) is 5.15 Å². The van der Waals surface area contributed by atoms with Crippen molar-refractivity contribution in [3.8, 4) is 0 Å². The predicted molar refractivity (Wildman–Crippen MR) is 75.7 cm³/mol. The first kappa shape index (κ1) is 13.2. The number of thioether (sulfide) groups is 1. The van der Waals surface area contributed by atoms with E-state index in [4.69, 9.17) is 11.6 Å². The fourth-order valence-corrected chi connectivity index (χ4v) is 3.35. The van der Waals surface area contributed by atoms with Crippen molar-refractivity contribution in [2.75, 3.05) is 13.3 Å². The molecule has 0 spiro atoms. The molecule has 0 saturated heterocycles. The quantitative estimate of drug-likeness (QED) is 0.780. The van der Waals surface area contributed by atoms with Gasteiger partial charge in [0.25, 0.3) is 0 Å². The molecule has 1 heterocycles.